The van der Waals surface area contributed by atoms with Crippen molar-refractivity contribution >= 4 is 22.1 Å². The smallest absolute Gasteiger partial charge is 0.348 e. The lowest BCUT2D eigenvalue weighted by Gasteiger charge is -2.19. The molecule has 0 aliphatic rings. The normalized spacial score (nSPS) is 10.7. The van der Waals surface area contributed by atoms with Gasteiger partial charge in [-0.2, -0.15) is 8.42 Å². The molecule has 4 amide bonds. The van der Waals surface area contributed by atoms with Crippen LogP contribution in [-0.2, 0) is 10.0 Å². The third-order valence-electron chi connectivity index (χ3n) is 1.97. The van der Waals surface area contributed by atoms with E-state index in [0.29, 0.717) is 0 Å². The molecule has 0 unspecified atom stereocenters. The van der Waals surface area contributed by atoms with Gasteiger partial charge in [0.1, 0.15) is 0 Å². The van der Waals surface area contributed by atoms with Crippen molar-refractivity contribution < 1.29 is 18.0 Å². The van der Waals surface area contributed by atoms with E-state index in [9.17, 15) is 18.0 Å². The molecule has 0 aliphatic carbocycles. The number of nitrogens with zero attached hydrogens (tertiary/aromatic N) is 1. The van der Waals surface area contributed by atoms with E-state index in [1.165, 1.54) is 24.3 Å². The zero-order chi connectivity index (χ0) is 13.9. The van der Waals surface area contributed by atoms with E-state index in [4.69, 9.17) is 11.5 Å². The summed E-state index contributed by atoms with van der Waals surface area (Å²) < 4.78 is 23.9. The number of nitrogens with one attached hydrogen (secondary N) is 1. The number of primary amides is 2. The first kappa shape index (κ1) is 13.8. The maximum absolute atomic E-state index is 12.0. The molecule has 0 atom stereocenters. The van der Waals surface area contributed by atoms with Crippen LogP contribution in [0.25, 0.3) is 0 Å². The predicted octanol–water partition coefficient (Wildman–Crippen LogP) is -0.352. The van der Waals surface area contributed by atoms with E-state index in [2.05, 4.69) is 0 Å². The fourth-order valence-corrected chi connectivity index (χ4v) is 2.29. The minimum Gasteiger partial charge on any atom is -0.350 e. The van der Waals surface area contributed by atoms with Crippen LogP contribution in [-0.4, -0.2) is 24.9 Å². The number of benzene rings is 1. The predicted molar refractivity (Wildman–Crippen MR) is 62.5 cm³/mol. The molecule has 0 saturated carbocycles. The van der Waals surface area contributed by atoms with E-state index in [1.807, 2.05) is 0 Å². The number of amides is 4. The molecule has 18 heavy (non-hydrogen) atoms. The van der Waals surface area contributed by atoms with E-state index >= 15 is 0 Å². The molecule has 0 saturated heterocycles. The van der Waals surface area contributed by atoms with Gasteiger partial charge in [0.2, 0.25) is 0 Å². The molecule has 0 heterocycles. The van der Waals surface area contributed by atoms with Gasteiger partial charge in [0.15, 0.2) is 0 Å². The number of sulfonamides is 1. The number of rotatable bonds is 2. The monoisotopic (exact) mass is 272 g/mol. The molecular weight excluding hydrogens is 260 g/mol. The Morgan fingerprint density at radius 2 is 1.67 bits per heavy atom. The van der Waals surface area contributed by atoms with Gasteiger partial charge in [-0.25, -0.2) is 15.0 Å². The average molecular weight is 272 g/mol. The standard InChI is InChI=1S/C9H12N4O4S/c1-6-2-4-7(5-3-6)18(16,17)13(9(11)15)12-8(10)14/h2-5H,1H3,(H2,11,15)(H3,10,12,14). The fraction of sp³-hybridized carbons (Fsp3) is 0.111. The summed E-state index contributed by atoms with van der Waals surface area (Å²) in [5.41, 5.74) is 12.1. The summed E-state index contributed by atoms with van der Waals surface area (Å²) in [6, 6.07) is 3.05. The van der Waals surface area contributed by atoms with Crippen LogP contribution < -0.4 is 16.9 Å². The van der Waals surface area contributed by atoms with E-state index in [1.54, 1.807) is 12.3 Å². The van der Waals surface area contributed by atoms with Gasteiger partial charge < -0.3 is 11.5 Å². The zero-order valence-corrected chi connectivity index (χ0v) is 10.3. The molecule has 98 valence electrons. The molecule has 9 heteroatoms. The van der Waals surface area contributed by atoms with Crippen LogP contribution in [0.4, 0.5) is 9.59 Å². The van der Waals surface area contributed by atoms with Gasteiger partial charge in [-0.1, -0.05) is 17.7 Å². The first-order valence-corrected chi connectivity index (χ1v) is 6.16. The molecular formula is C9H12N4O4S. The van der Waals surface area contributed by atoms with Crippen LogP contribution in [0, 0.1) is 6.92 Å². The molecule has 5 N–H and O–H groups in total. The Balaban J connectivity index is 3.21. The SMILES string of the molecule is Cc1ccc(S(=O)(=O)N(NC(N)=O)C(N)=O)cc1. The number of hydrazine groups is 1. The molecule has 0 aromatic heterocycles. The topological polar surface area (TPSA) is 136 Å². The lowest BCUT2D eigenvalue weighted by molar-refractivity contribution is 0.210. The molecule has 0 fully saturated rings. The summed E-state index contributed by atoms with van der Waals surface area (Å²) in [5, 5.41) is 0. The van der Waals surface area contributed by atoms with E-state index in [-0.39, 0.29) is 9.31 Å². The summed E-state index contributed by atoms with van der Waals surface area (Å²) in [4.78, 5) is 21.5. The molecule has 8 nitrogen and oxygen atoms in total. The van der Waals surface area contributed by atoms with Gasteiger partial charge in [0, 0.05) is 0 Å². The van der Waals surface area contributed by atoms with Gasteiger partial charge in [0.05, 0.1) is 4.90 Å². The Morgan fingerprint density at radius 1 is 1.17 bits per heavy atom. The third kappa shape index (κ3) is 2.88. The number of hydrogen-bond acceptors (Lipinski definition) is 4. The second-order valence-corrected chi connectivity index (χ2v) is 5.18. The molecule has 1 aromatic carbocycles. The first-order valence-electron chi connectivity index (χ1n) is 4.72. The Labute approximate surface area is 104 Å². The second-order valence-electron chi connectivity index (χ2n) is 3.40. The summed E-state index contributed by atoms with van der Waals surface area (Å²) in [5.74, 6) is 0. The number of carbonyl (C=O) groups is 2. The summed E-state index contributed by atoms with van der Waals surface area (Å²) in [7, 11) is -4.27. The van der Waals surface area contributed by atoms with Gasteiger partial charge in [-0.05, 0) is 19.1 Å². The largest absolute Gasteiger partial charge is 0.350 e. The van der Waals surface area contributed by atoms with Gasteiger partial charge in [0.25, 0.3) is 10.0 Å². The molecule has 0 bridgehead atoms. The quantitative estimate of drug-likeness (QED) is 0.634. The van der Waals surface area contributed by atoms with Gasteiger partial charge in [-0.3, -0.25) is 0 Å². The van der Waals surface area contributed by atoms with Crippen molar-refractivity contribution in [1.29, 1.82) is 0 Å². The highest BCUT2D eigenvalue weighted by Gasteiger charge is 2.28. The van der Waals surface area contributed by atoms with Crippen molar-refractivity contribution in [3.05, 3.63) is 29.8 Å². The zero-order valence-electron chi connectivity index (χ0n) is 9.45. The number of hydrogen-bond donors (Lipinski definition) is 3. The van der Waals surface area contributed by atoms with Crippen LogP contribution in [0.15, 0.2) is 29.2 Å². The van der Waals surface area contributed by atoms with E-state index in [0.717, 1.165) is 5.56 Å². The number of aryl methyl sites for hydroxylation is 1. The maximum atomic E-state index is 12.0. The maximum Gasteiger partial charge on any atom is 0.348 e. The number of carbonyl (C=O) groups excluding carboxylic acids is 2. The number of nitrogens with two attached hydrogens (primary N) is 2. The minimum atomic E-state index is -4.27. The average Bonchev–Trinajstić information content (AvgIpc) is 2.25. The van der Waals surface area contributed by atoms with Crippen molar-refractivity contribution in [3.63, 3.8) is 0 Å². The molecule has 1 aromatic rings. The van der Waals surface area contributed by atoms with Crippen LogP contribution in [0.5, 0.6) is 0 Å². The summed E-state index contributed by atoms with van der Waals surface area (Å²) in [6.45, 7) is 1.77. The van der Waals surface area contributed by atoms with Gasteiger partial charge in [-0.15, -0.1) is 4.41 Å². The Bertz CT molecular complexity index is 567. The second kappa shape index (κ2) is 4.92. The van der Waals surface area contributed by atoms with Crippen molar-refractivity contribution in [3.8, 4) is 0 Å². The molecule has 0 aliphatic heterocycles. The highest BCUT2D eigenvalue weighted by atomic mass is 32.2. The Hall–Kier alpha value is -2.29. The minimum absolute atomic E-state index is 0.0139. The first-order chi connectivity index (χ1) is 8.25. The molecule has 0 spiro atoms. The van der Waals surface area contributed by atoms with Crippen LogP contribution in [0.2, 0.25) is 0 Å². The van der Waals surface area contributed by atoms with Crippen molar-refractivity contribution in [2.45, 2.75) is 11.8 Å². The molecule has 0 radical (unpaired) electrons. The highest BCUT2D eigenvalue weighted by Crippen LogP contribution is 2.14. The van der Waals surface area contributed by atoms with Crippen LogP contribution >= 0.6 is 0 Å². The summed E-state index contributed by atoms with van der Waals surface area (Å²) >= 11 is 0. The molecule has 1 rings (SSSR count). The van der Waals surface area contributed by atoms with Crippen molar-refractivity contribution in [1.82, 2.24) is 9.84 Å². The summed E-state index contributed by atoms with van der Waals surface area (Å²) in [6.07, 6.45) is 0. The third-order valence-corrected chi connectivity index (χ3v) is 3.59. The van der Waals surface area contributed by atoms with Gasteiger partial charge >= 0.3 is 12.1 Å². The lowest BCUT2D eigenvalue weighted by Crippen LogP contribution is -2.53. The fourth-order valence-electron chi connectivity index (χ4n) is 1.15. The van der Waals surface area contributed by atoms with Crippen LogP contribution in [0.1, 0.15) is 5.56 Å². The van der Waals surface area contributed by atoms with Crippen LogP contribution in [0.3, 0.4) is 0 Å². The van der Waals surface area contributed by atoms with Crippen molar-refractivity contribution in [2.24, 2.45) is 11.5 Å². The Morgan fingerprint density at radius 3 is 2.06 bits per heavy atom. The highest BCUT2D eigenvalue weighted by molar-refractivity contribution is 7.89. The number of urea groups is 2. The van der Waals surface area contributed by atoms with Crippen molar-refractivity contribution in [2.75, 3.05) is 0 Å². The lowest BCUT2D eigenvalue weighted by atomic mass is 10.2. The van der Waals surface area contributed by atoms with E-state index < -0.39 is 22.1 Å². The Kier molecular flexibility index (Phi) is 3.76.